The molecule has 2 aliphatic carbocycles. The van der Waals surface area contributed by atoms with Gasteiger partial charge < -0.3 is 15.1 Å². The van der Waals surface area contributed by atoms with Crippen LogP contribution in [0, 0.1) is 0 Å². The van der Waals surface area contributed by atoms with Crippen molar-refractivity contribution in [2.45, 2.75) is 37.8 Å². The first kappa shape index (κ1) is 26.1. The summed E-state index contributed by atoms with van der Waals surface area (Å²) in [6.07, 6.45) is 5.72. The highest BCUT2D eigenvalue weighted by Gasteiger charge is 2.48. The van der Waals surface area contributed by atoms with Crippen molar-refractivity contribution < 1.29 is 37.5 Å². The quantitative estimate of drug-likeness (QED) is 0.505. The predicted molar refractivity (Wildman–Crippen MR) is 145 cm³/mol. The van der Waals surface area contributed by atoms with E-state index in [4.69, 9.17) is 0 Å². The number of fused-ring (bicyclic) bond motifs is 2. The van der Waals surface area contributed by atoms with Crippen LogP contribution in [0.25, 0.3) is 5.57 Å². The number of nitrogens with zero attached hydrogens (tertiary/aromatic N) is 2. The monoisotopic (exact) mass is 549 g/mol. The maximum atomic E-state index is 14.3. The summed E-state index contributed by atoms with van der Waals surface area (Å²) in [6.45, 7) is 5.31. The molecule has 0 bridgehead atoms. The minimum atomic E-state index is -2.75. The number of carboxylic acids is 2. The fourth-order valence-corrected chi connectivity index (χ4v) is 6.21. The highest BCUT2D eigenvalue weighted by Crippen LogP contribution is 2.51. The van der Waals surface area contributed by atoms with E-state index in [1.54, 1.807) is 24.0 Å². The van der Waals surface area contributed by atoms with Crippen LogP contribution in [0.1, 0.15) is 58.2 Å². The van der Waals surface area contributed by atoms with E-state index in [0.29, 0.717) is 16.8 Å². The first-order valence-corrected chi connectivity index (χ1v) is 13.0. The molecule has 2 saturated heterocycles. The summed E-state index contributed by atoms with van der Waals surface area (Å²) in [5.74, 6) is -5.14. The molecule has 2 aromatic carbocycles. The van der Waals surface area contributed by atoms with Gasteiger partial charge in [0.2, 0.25) is 5.67 Å². The van der Waals surface area contributed by atoms with E-state index < -0.39 is 28.9 Å². The zero-order valence-electron chi connectivity index (χ0n) is 22.3. The van der Waals surface area contributed by atoms with Crippen LogP contribution in [0.3, 0.4) is 0 Å². The van der Waals surface area contributed by atoms with Crippen molar-refractivity contribution in [3.63, 3.8) is 0 Å². The molecule has 206 valence electrons. The van der Waals surface area contributed by atoms with Gasteiger partial charge in [0.15, 0.2) is 18.8 Å². The number of alkyl halides is 3. The van der Waals surface area contributed by atoms with Crippen molar-refractivity contribution >= 4 is 28.9 Å². The Morgan fingerprint density at radius 1 is 0.900 bits per heavy atom. The van der Waals surface area contributed by atoms with Crippen LogP contribution < -0.4 is 4.90 Å². The molecule has 40 heavy (non-hydrogen) atoms. The Balaban J connectivity index is 1.61. The predicted octanol–water partition coefficient (Wildman–Crippen LogP) is 5.32. The normalized spacial score (nSPS) is 24.1. The Labute approximate surface area is 229 Å². The zero-order chi connectivity index (χ0) is 28.8. The average Bonchev–Trinajstić information content (AvgIpc) is 2.85. The first-order valence-electron chi connectivity index (χ1n) is 13.0. The molecular weight excluding hydrogens is 521 g/mol. The number of allylic oxidation sites excluding steroid dienone is 5. The third-order valence-corrected chi connectivity index (χ3v) is 8.27. The van der Waals surface area contributed by atoms with Crippen LogP contribution in [-0.2, 0) is 5.41 Å². The highest BCUT2D eigenvalue weighted by molar-refractivity contribution is 6.08. The van der Waals surface area contributed by atoms with E-state index in [2.05, 4.69) is 0 Å². The summed E-state index contributed by atoms with van der Waals surface area (Å²) in [4.78, 5) is 25.8. The molecule has 2 aromatic rings. The number of benzene rings is 2. The molecular formula is C31H28F3N2O4+. The van der Waals surface area contributed by atoms with Crippen molar-refractivity contribution in [2.24, 2.45) is 0 Å². The van der Waals surface area contributed by atoms with Gasteiger partial charge in [-0.2, -0.15) is 0 Å². The Hall–Kier alpha value is -4.14. The number of hydrogen-bond acceptors (Lipinski definition) is 3. The van der Waals surface area contributed by atoms with Gasteiger partial charge in [0, 0.05) is 23.3 Å². The standard InChI is InChI=1S/C31H27F3N2O4/c1-29(2)24-11-18(35-13-30(3,32)14-35)5-8-21(24)26(23-10-17(27(37)38)4-7-20(23)28(39)40)22-9-6-19(12-25(22)29)36-15-31(33,34)16-36/h4-12H,13-16H2,1-3H3,(H-,37,38,39,40)/p+1. The first-order chi connectivity index (χ1) is 18.7. The summed E-state index contributed by atoms with van der Waals surface area (Å²) < 4.78 is 43.7. The van der Waals surface area contributed by atoms with Gasteiger partial charge in [0.05, 0.1) is 24.2 Å². The largest absolute Gasteiger partial charge is 0.478 e. The molecule has 2 N–H and O–H groups in total. The summed E-state index contributed by atoms with van der Waals surface area (Å²) in [5.41, 5.74) is 3.32. The smallest absolute Gasteiger partial charge is 0.336 e. The Morgan fingerprint density at radius 3 is 2.20 bits per heavy atom. The molecule has 0 radical (unpaired) electrons. The third kappa shape index (κ3) is 4.06. The number of rotatable bonds is 4. The second-order valence-corrected chi connectivity index (χ2v) is 11.8. The van der Waals surface area contributed by atoms with Crippen LogP contribution in [0.15, 0.2) is 65.8 Å². The van der Waals surface area contributed by atoms with Crippen LogP contribution in [0.2, 0.25) is 0 Å². The fourth-order valence-electron chi connectivity index (χ4n) is 6.21. The second kappa shape index (κ2) is 8.43. The molecule has 2 heterocycles. The lowest BCUT2D eigenvalue weighted by Gasteiger charge is -2.43. The van der Waals surface area contributed by atoms with Crippen molar-refractivity contribution in [3.05, 3.63) is 93.6 Å². The van der Waals surface area contributed by atoms with E-state index in [9.17, 15) is 33.0 Å². The number of hydrogen-bond donors (Lipinski definition) is 2. The maximum absolute atomic E-state index is 14.3. The summed E-state index contributed by atoms with van der Waals surface area (Å²) in [7, 11) is 0. The van der Waals surface area contributed by atoms with Gasteiger partial charge in [-0.05, 0) is 76.7 Å². The van der Waals surface area contributed by atoms with Gasteiger partial charge in [-0.15, -0.1) is 0 Å². The lowest BCUT2D eigenvalue weighted by Crippen LogP contribution is -2.56. The van der Waals surface area contributed by atoms with E-state index in [1.807, 2.05) is 42.7 Å². The van der Waals surface area contributed by atoms with Gasteiger partial charge in [-0.1, -0.05) is 19.9 Å². The Kier molecular flexibility index (Phi) is 5.50. The molecule has 2 fully saturated rings. The van der Waals surface area contributed by atoms with Gasteiger partial charge in [0.25, 0.3) is 5.92 Å². The van der Waals surface area contributed by atoms with Crippen LogP contribution in [0.4, 0.5) is 18.9 Å². The van der Waals surface area contributed by atoms with E-state index >= 15 is 0 Å². The van der Waals surface area contributed by atoms with Crippen molar-refractivity contribution in [3.8, 4) is 0 Å². The minimum Gasteiger partial charge on any atom is -0.478 e. The van der Waals surface area contributed by atoms with Crippen molar-refractivity contribution in [1.29, 1.82) is 0 Å². The Bertz CT molecular complexity index is 1630. The SMILES string of the molecule is CC1(F)C[N+](=C2C=CC3=C(c4cc(C(=O)O)ccc4C(=O)O)c4ccc(N5CC(F)(F)C5)cc4C(C)(C)C3=C2)C1. The fraction of sp³-hybridized carbons (Fsp3) is 0.323. The third-order valence-electron chi connectivity index (χ3n) is 8.27. The van der Waals surface area contributed by atoms with Crippen LogP contribution in [-0.4, -0.2) is 70.2 Å². The van der Waals surface area contributed by atoms with Gasteiger partial charge >= 0.3 is 11.9 Å². The van der Waals surface area contributed by atoms with E-state index in [1.165, 1.54) is 18.2 Å². The maximum Gasteiger partial charge on any atom is 0.336 e. The second-order valence-electron chi connectivity index (χ2n) is 11.8. The number of carboxylic acid groups (broad SMARTS) is 2. The molecule has 0 spiro atoms. The number of carbonyl (C=O) groups is 2. The summed E-state index contributed by atoms with van der Waals surface area (Å²) >= 11 is 0. The molecule has 0 aromatic heterocycles. The molecule has 0 amide bonds. The van der Waals surface area contributed by atoms with Gasteiger partial charge in [-0.3, -0.25) is 0 Å². The molecule has 6 nitrogen and oxygen atoms in total. The average molecular weight is 550 g/mol. The topological polar surface area (TPSA) is 80.8 Å². The number of anilines is 1. The molecule has 9 heteroatoms. The molecule has 0 unspecified atom stereocenters. The Morgan fingerprint density at radius 2 is 1.60 bits per heavy atom. The van der Waals surface area contributed by atoms with Crippen LogP contribution >= 0.6 is 0 Å². The number of halogens is 3. The highest BCUT2D eigenvalue weighted by atomic mass is 19.3. The van der Waals surface area contributed by atoms with E-state index in [0.717, 1.165) is 22.4 Å². The molecule has 4 aliphatic rings. The molecule has 0 saturated carbocycles. The summed E-state index contributed by atoms with van der Waals surface area (Å²) in [5, 5.41) is 19.8. The number of aromatic carboxylic acids is 2. The molecule has 0 atom stereocenters. The molecule has 2 aliphatic heterocycles. The van der Waals surface area contributed by atoms with E-state index in [-0.39, 0.29) is 42.9 Å². The zero-order valence-corrected chi connectivity index (χ0v) is 22.3. The van der Waals surface area contributed by atoms with Crippen molar-refractivity contribution in [2.75, 3.05) is 31.1 Å². The summed E-state index contributed by atoms with van der Waals surface area (Å²) in [6, 6.07) is 9.34. The lowest BCUT2D eigenvalue weighted by molar-refractivity contribution is -0.619. The van der Waals surface area contributed by atoms with Gasteiger partial charge in [-0.25, -0.2) is 27.3 Å². The van der Waals surface area contributed by atoms with Gasteiger partial charge in [0.1, 0.15) is 0 Å². The van der Waals surface area contributed by atoms with Crippen LogP contribution in [0.5, 0.6) is 0 Å². The lowest BCUT2D eigenvalue weighted by atomic mass is 9.64. The minimum absolute atomic E-state index is 0.0527. The molecule has 6 rings (SSSR count). The van der Waals surface area contributed by atoms with Crippen molar-refractivity contribution in [1.82, 2.24) is 0 Å².